The van der Waals surface area contributed by atoms with E-state index in [1.165, 1.54) is 25.5 Å². The van der Waals surface area contributed by atoms with E-state index >= 15 is 0 Å². The normalized spacial score (nSPS) is 16.7. The van der Waals surface area contributed by atoms with E-state index in [0.29, 0.717) is 17.1 Å². The van der Waals surface area contributed by atoms with Gasteiger partial charge in [-0.2, -0.15) is 5.26 Å². The first-order valence-corrected chi connectivity index (χ1v) is 5.62. The molecule has 16 heavy (non-hydrogen) atoms. The smallest absolute Gasteiger partial charge is 0.237 e. The van der Waals surface area contributed by atoms with E-state index in [-0.39, 0.29) is 6.10 Å². The number of aromatic nitrogens is 1. The Hall–Kier alpha value is -1.76. The van der Waals surface area contributed by atoms with Crippen LogP contribution in [0.4, 0.5) is 5.69 Å². The van der Waals surface area contributed by atoms with Crippen LogP contribution in [0, 0.1) is 11.3 Å². The Labute approximate surface area is 95.0 Å². The van der Waals surface area contributed by atoms with Gasteiger partial charge in [-0.15, -0.1) is 0 Å². The van der Waals surface area contributed by atoms with Crippen molar-refractivity contribution in [2.75, 3.05) is 5.73 Å². The van der Waals surface area contributed by atoms with Crippen LogP contribution < -0.4 is 10.5 Å². The Morgan fingerprint density at radius 2 is 2.12 bits per heavy atom. The van der Waals surface area contributed by atoms with E-state index < -0.39 is 0 Å². The average Bonchev–Trinajstić information content (AvgIpc) is 2.33. The third-order valence-corrected chi connectivity index (χ3v) is 2.84. The Balaban J connectivity index is 2.06. The topological polar surface area (TPSA) is 71.9 Å². The molecular weight excluding hydrogens is 202 g/mol. The van der Waals surface area contributed by atoms with Crippen LogP contribution >= 0.6 is 0 Å². The monoisotopic (exact) mass is 217 g/mol. The van der Waals surface area contributed by atoms with Crippen LogP contribution in [0.1, 0.15) is 37.7 Å². The summed E-state index contributed by atoms with van der Waals surface area (Å²) in [7, 11) is 0. The van der Waals surface area contributed by atoms with Crippen molar-refractivity contribution in [1.82, 2.24) is 4.98 Å². The van der Waals surface area contributed by atoms with Crippen molar-refractivity contribution < 1.29 is 4.74 Å². The molecule has 1 fully saturated rings. The molecule has 0 unspecified atom stereocenters. The molecule has 2 N–H and O–H groups in total. The third-order valence-electron chi connectivity index (χ3n) is 2.84. The summed E-state index contributed by atoms with van der Waals surface area (Å²) in [6, 6.07) is 3.60. The maximum Gasteiger partial charge on any atom is 0.237 e. The van der Waals surface area contributed by atoms with Gasteiger partial charge in [0.2, 0.25) is 5.88 Å². The highest BCUT2D eigenvalue weighted by Gasteiger charge is 2.16. The summed E-state index contributed by atoms with van der Waals surface area (Å²) in [5, 5.41) is 8.69. The van der Waals surface area contributed by atoms with Gasteiger partial charge in [0.1, 0.15) is 12.2 Å². The zero-order valence-electron chi connectivity index (χ0n) is 9.15. The number of pyridine rings is 1. The number of nitrogens with zero attached hydrogens (tertiary/aromatic N) is 2. The predicted octanol–water partition coefficient (Wildman–Crippen LogP) is 2.25. The fourth-order valence-corrected chi connectivity index (χ4v) is 1.97. The van der Waals surface area contributed by atoms with Crippen LogP contribution in [0.5, 0.6) is 5.88 Å². The van der Waals surface area contributed by atoms with Gasteiger partial charge in [-0.25, -0.2) is 4.98 Å². The zero-order valence-corrected chi connectivity index (χ0v) is 9.15. The lowest BCUT2D eigenvalue weighted by molar-refractivity contribution is 0.149. The van der Waals surface area contributed by atoms with Crippen molar-refractivity contribution in [2.24, 2.45) is 0 Å². The fourth-order valence-electron chi connectivity index (χ4n) is 1.97. The minimum absolute atomic E-state index is 0.233. The summed E-state index contributed by atoms with van der Waals surface area (Å²) < 4.78 is 5.74. The first kappa shape index (κ1) is 10.7. The average molecular weight is 217 g/mol. The highest BCUT2D eigenvalue weighted by molar-refractivity contribution is 5.52. The molecule has 0 atom stereocenters. The molecule has 1 aliphatic rings. The summed E-state index contributed by atoms with van der Waals surface area (Å²) in [5.74, 6) is 0.464. The van der Waals surface area contributed by atoms with Crippen LogP contribution in [-0.4, -0.2) is 11.1 Å². The van der Waals surface area contributed by atoms with Crippen molar-refractivity contribution in [2.45, 2.75) is 38.2 Å². The van der Waals surface area contributed by atoms with Crippen LogP contribution in [0.25, 0.3) is 0 Å². The second-order valence-corrected chi connectivity index (χ2v) is 4.11. The molecule has 0 aliphatic heterocycles. The lowest BCUT2D eigenvalue weighted by Gasteiger charge is -2.22. The van der Waals surface area contributed by atoms with E-state index in [1.807, 2.05) is 6.07 Å². The first-order valence-electron chi connectivity index (χ1n) is 5.62. The molecule has 0 amide bonds. The Kier molecular flexibility index (Phi) is 3.25. The number of anilines is 1. The van der Waals surface area contributed by atoms with E-state index in [1.54, 1.807) is 6.07 Å². The molecule has 4 nitrogen and oxygen atoms in total. The van der Waals surface area contributed by atoms with Crippen molar-refractivity contribution in [3.05, 3.63) is 17.8 Å². The fraction of sp³-hybridized carbons (Fsp3) is 0.500. The minimum Gasteiger partial charge on any atom is -0.473 e. The Morgan fingerprint density at radius 3 is 2.75 bits per heavy atom. The maximum atomic E-state index is 8.69. The molecule has 0 radical (unpaired) electrons. The molecule has 1 aromatic rings. The lowest BCUT2D eigenvalue weighted by atomic mass is 9.98. The molecule has 0 spiro atoms. The second-order valence-electron chi connectivity index (χ2n) is 4.11. The number of hydrogen-bond donors (Lipinski definition) is 1. The summed E-state index contributed by atoms with van der Waals surface area (Å²) in [5.41, 5.74) is 6.69. The highest BCUT2D eigenvalue weighted by Crippen LogP contribution is 2.25. The van der Waals surface area contributed by atoms with Gasteiger partial charge in [0.25, 0.3) is 0 Å². The minimum atomic E-state index is 0.233. The number of nitrogens with two attached hydrogens (primary N) is 1. The van der Waals surface area contributed by atoms with E-state index in [9.17, 15) is 0 Å². The Morgan fingerprint density at radius 1 is 1.38 bits per heavy atom. The molecule has 1 aromatic heterocycles. The van der Waals surface area contributed by atoms with E-state index in [4.69, 9.17) is 15.7 Å². The first-order chi connectivity index (χ1) is 7.79. The van der Waals surface area contributed by atoms with Crippen molar-refractivity contribution in [3.8, 4) is 11.9 Å². The van der Waals surface area contributed by atoms with Crippen LogP contribution in [-0.2, 0) is 0 Å². The van der Waals surface area contributed by atoms with Crippen molar-refractivity contribution in [1.29, 1.82) is 5.26 Å². The standard InChI is InChI=1S/C12H15N3O/c13-7-9-6-11(14)12(15-8-9)16-10-4-2-1-3-5-10/h6,8,10H,1-5,14H2. The molecule has 84 valence electrons. The molecule has 1 saturated carbocycles. The molecule has 1 aliphatic carbocycles. The van der Waals surface area contributed by atoms with Gasteiger partial charge in [-0.1, -0.05) is 6.42 Å². The van der Waals surface area contributed by atoms with Crippen molar-refractivity contribution >= 4 is 5.69 Å². The summed E-state index contributed by atoms with van der Waals surface area (Å²) in [4.78, 5) is 4.07. The van der Waals surface area contributed by atoms with Gasteiger partial charge in [0, 0.05) is 6.20 Å². The molecule has 0 saturated heterocycles. The SMILES string of the molecule is N#Cc1cnc(OC2CCCCC2)c(N)c1. The largest absolute Gasteiger partial charge is 0.473 e. The summed E-state index contributed by atoms with van der Waals surface area (Å²) in [6.45, 7) is 0. The zero-order chi connectivity index (χ0) is 11.4. The summed E-state index contributed by atoms with van der Waals surface area (Å²) >= 11 is 0. The van der Waals surface area contributed by atoms with Gasteiger partial charge < -0.3 is 10.5 Å². The number of nitriles is 1. The Bertz CT molecular complexity index is 405. The summed E-state index contributed by atoms with van der Waals surface area (Å²) in [6.07, 6.45) is 7.57. The second kappa shape index (κ2) is 4.84. The van der Waals surface area contributed by atoms with E-state index in [2.05, 4.69) is 4.98 Å². The highest BCUT2D eigenvalue weighted by atomic mass is 16.5. The van der Waals surface area contributed by atoms with Gasteiger partial charge in [0.05, 0.1) is 11.3 Å². The predicted molar refractivity (Wildman–Crippen MR) is 60.9 cm³/mol. The van der Waals surface area contributed by atoms with Crippen LogP contribution in [0.15, 0.2) is 12.3 Å². The molecule has 2 rings (SSSR count). The van der Waals surface area contributed by atoms with Gasteiger partial charge in [-0.3, -0.25) is 0 Å². The molecule has 0 aromatic carbocycles. The molecule has 4 heteroatoms. The van der Waals surface area contributed by atoms with E-state index in [0.717, 1.165) is 12.8 Å². The number of hydrogen-bond acceptors (Lipinski definition) is 4. The van der Waals surface area contributed by atoms with Crippen LogP contribution in [0.3, 0.4) is 0 Å². The third kappa shape index (κ3) is 2.43. The van der Waals surface area contributed by atoms with Gasteiger partial charge >= 0.3 is 0 Å². The number of nitrogen functional groups attached to an aromatic ring is 1. The molecule has 0 bridgehead atoms. The van der Waals surface area contributed by atoms with Gasteiger partial charge in [0.15, 0.2) is 0 Å². The number of ether oxygens (including phenoxy) is 1. The lowest BCUT2D eigenvalue weighted by Crippen LogP contribution is -2.20. The number of rotatable bonds is 2. The quantitative estimate of drug-likeness (QED) is 0.824. The maximum absolute atomic E-state index is 8.69. The molecular formula is C12H15N3O. The van der Waals surface area contributed by atoms with Gasteiger partial charge in [-0.05, 0) is 31.7 Å². The molecule has 1 heterocycles. The van der Waals surface area contributed by atoms with Crippen molar-refractivity contribution in [3.63, 3.8) is 0 Å². The van der Waals surface area contributed by atoms with Crippen LogP contribution in [0.2, 0.25) is 0 Å².